The largest absolute Gasteiger partial charge is 0.441 e. The molecule has 1 aromatic rings. The van der Waals surface area contributed by atoms with E-state index in [0.29, 0.717) is 6.54 Å². The van der Waals surface area contributed by atoms with Crippen LogP contribution in [-0.2, 0) is 13.1 Å². The van der Waals surface area contributed by atoms with Crippen molar-refractivity contribution in [1.29, 1.82) is 0 Å². The van der Waals surface area contributed by atoms with E-state index in [1.54, 1.807) is 13.2 Å². The summed E-state index contributed by atoms with van der Waals surface area (Å²) in [5, 5.41) is 10.4. The topological polar surface area (TPSA) is 42.7 Å². The first-order valence-electron chi connectivity index (χ1n) is 4.25. The van der Waals surface area contributed by atoms with Crippen LogP contribution in [0.3, 0.4) is 0 Å². The first-order valence-corrected chi connectivity index (χ1v) is 5.24. The van der Waals surface area contributed by atoms with Gasteiger partial charge >= 0.3 is 5.51 Å². The molecule has 0 atom stereocenters. The van der Waals surface area contributed by atoms with Crippen molar-refractivity contribution in [2.75, 3.05) is 12.8 Å². The molecule has 0 radical (unpaired) electrons. The Morgan fingerprint density at radius 3 is 2.87 bits per heavy atom. The standard InChI is InChI=1S/C7H11F3N4S/c1-11-4-6-5-14(13-12-6)2-3-15-7(8,9)10/h5,11H,2-4H2,1H3. The van der Waals surface area contributed by atoms with Crippen LogP contribution >= 0.6 is 11.8 Å². The summed E-state index contributed by atoms with van der Waals surface area (Å²) in [5.74, 6) is -0.0497. The highest BCUT2D eigenvalue weighted by Gasteiger charge is 2.27. The molecule has 0 aliphatic carbocycles. The molecule has 0 bridgehead atoms. The van der Waals surface area contributed by atoms with E-state index in [4.69, 9.17) is 0 Å². The highest BCUT2D eigenvalue weighted by Crippen LogP contribution is 2.29. The summed E-state index contributed by atoms with van der Waals surface area (Å²) in [5.41, 5.74) is -3.46. The average Bonchev–Trinajstić information content (AvgIpc) is 2.51. The number of halogens is 3. The van der Waals surface area contributed by atoms with Crippen LogP contribution in [0.4, 0.5) is 13.2 Å². The van der Waals surface area contributed by atoms with Crippen molar-refractivity contribution >= 4 is 11.8 Å². The van der Waals surface area contributed by atoms with Crippen molar-refractivity contribution < 1.29 is 13.2 Å². The van der Waals surface area contributed by atoms with E-state index in [2.05, 4.69) is 15.6 Å². The van der Waals surface area contributed by atoms with E-state index in [-0.39, 0.29) is 24.1 Å². The van der Waals surface area contributed by atoms with Crippen LogP contribution in [0, 0.1) is 0 Å². The van der Waals surface area contributed by atoms with Crippen LogP contribution in [0.5, 0.6) is 0 Å². The maximum Gasteiger partial charge on any atom is 0.441 e. The third-order valence-corrected chi connectivity index (χ3v) is 2.24. The van der Waals surface area contributed by atoms with Crippen LogP contribution < -0.4 is 5.32 Å². The molecule has 0 saturated heterocycles. The fourth-order valence-electron chi connectivity index (χ4n) is 0.965. The Hall–Kier alpha value is -0.760. The number of aromatic nitrogens is 3. The van der Waals surface area contributed by atoms with E-state index in [0.717, 1.165) is 5.69 Å². The molecular formula is C7H11F3N4S. The van der Waals surface area contributed by atoms with Gasteiger partial charge in [0.2, 0.25) is 0 Å². The molecule has 0 spiro atoms. The second-order valence-corrected chi connectivity index (χ2v) is 3.96. The first kappa shape index (κ1) is 12.3. The maximum absolute atomic E-state index is 11.8. The highest BCUT2D eigenvalue weighted by atomic mass is 32.2. The van der Waals surface area contributed by atoms with E-state index in [1.807, 2.05) is 0 Å². The number of alkyl halides is 3. The molecule has 8 heteroatoms. The fraction of sp³-hybridized carbons (Fsp3) is 0.714. The number of nitrogens with zero attached hydrogens (tertiary/aromatic N) is 3. The van der Waals surface area contributed by atoms with Gasteiger partial charge in [-0.3, -0.25) is 4.68 Å². The Balaban J connectivity index is 2.31. The number of hydrogen-bond donors (Lipinski definition) is 1. The second-order valence-electron chi connectivity index (χ2n) is 2.80. The maximum atomic E-state index is 11.8. The van der Waals surface area contributed by atoms with Crippen molar-refractivity contribution in [2.24, 2.45) is 0 Å². The van der Waals surface area contributed by atoms with Crippen molar-refractivity contribution in [3.05, 3.63) is 11.9 Å². The minimum atomic E-state index is -4.17. The lowest BCUT2D eigenvalue weighted by molar-refractivity contribution is -0.0328. The number of hydrogen-bond acceptors (Lipinski definition) is 4. The zero-order valence-corrected chi connectivity index (χ0v) is 8.90. The van der Waals surface area contributed by atoms with Gasteiger partial charge in [0, 0.05) is 18.5 Å². The fourth-order valence-corrected chi connectivity index (χ4v) is 1.47. The van der Waals surface area contributed by atoms with E-state index >= 15 is 0 Å². The summed E-state index contributed by atoms with van der Waals surface area (Å²) in [6.45, 7) is 0.771. The lowest BCUT2D eigenvalue weighted by Gasteiger charge is -2.04. The van der Waals surface area contributed by atoms with Gasteiger partial charge in [-0.15, -0.1) is 5.10 Å². The average molecular weight is 240 g/mol. The molecule has 0 fully saturated rings. The molecule has 1 rings (SSSR count). The summed E-state index contributed by atoms with van der Waals surface area (Å²) < 4.78 is 36.8. The van der Waals surface area contributed by atoms with Crippen molar-refractivity contribution in [2.45, 2.75) is 18.6 Å². The van der Waals surface area contributed by atoms with Gasteiger partial charge in [-0.05, 0) is 18.8 Å². The van der Waals surface area contributed by atoms with Gasteiger partial charge in [-0.25, -0.2) is 0 Å². The summed E-state index contributed by atoms with van der Waals surface area (Å²) in [4.78, 5) is 0. The Bertz CT molecular complexity index is 299. The van der Waals surface area contributed by atoms with Gasteiger partial charge in [-0.1, -0.05) is 5.21 Å². The van der Waals surface area contributed by atoms with E-state index in [9.17, 15) is 13.2 Å². The Morgan fingerprint density at radius 1 is 1.53 bits per heavy atom. The third-order valence-electron chi connectivity index (χ3n) is 1.53. The highest BCUT2D eigenvalue weighted by molar-refractivity contribution is 8.00. The molecule has 4 nitrogen and oxygen atoms in total. The minimum Gasteiger partial charge on any atom is -0.314 e. The molecular weight excluding hydrogens is 229 g/mol. The second kappa shape index (κ2) is 5.36. The smallest absolute Gasteiger partial charge is 0.314 e. The number of thioether (sulfide) groups is 1. The van der Waals surface area contributed by atoms with Crippen LogP contribution in [-0.4, -0.2) is 33.3 Å². The minimum absolute atomic E-state index is 0.0497. The van der Waals surface area contributed by atoms with Gasteiger partial charge in [0.1, 0.15) is 0 Å². The van der Waals surface area contributed by atoms with Crippen LogP contribution in [0.2, 0.25) is 0 Å². The van der Waals surface area contributed by atoms with Gasteiger partial charge in [0.15, 0.2) is 0 Å². The molecule has 0 aromatic carbocycles. The third kappa shape index (κ3) is 5.03. The summed E-state index contributed by atoms with van der Waals surface area (Å²) in [6, 6.07) is 0. The molecule has 0 amide bonds. The number of rotatable bonds is 5. The molecule has 0 aliphatic heterocycles. The van der Waals surface area contributed by atoms with Crippen LogP contribution in [0.15, 0.2) is 6.20 Å². The van der Waals surface area contributed by atoms with E-state index in [1.165, 1.54) is 4.68 Å². The Morgan fingerprint density at radius 2 is 2.27 bits per heavy atom. The zero-order valence-electron chi connectivity index (χ0n) is 8.08. The SMILES string of the molecule is CNCc1cn(CCSC(F)(F)F)nn1. The van der Waals surface area contributed by atoms with E-state index < -0.39 is 5.51 Å². The van der Waals surface area contributed by atoms with Crippen molar-refractivity contribution in [1.82, 2.24) is 20.3 Å². The van der Waals surface area contributed by atoms with Crippen LogP contribution in [0.1, 0.15) is 5.69 Å². The lowest BCUT2D eigenvalue weighted by Crippen LogP contribution is -2.07. The molecule has 0 saturated carbocycles. The molecule has 86 valence electrons. The van der Waals surface area contributed by atoms with Gasteiger partial charge < -0.3 is 5.32 Å². The Kier molecular flexibility index (Phi) is 4.40. The molecule has 15 heavy (non-hydrogen) atoms. The molecule has 0 aliphatic rings. The first-order chi connectivity index (χ1) is 7.01. The van der Waals surface area contributed by atoms with Crippen LogP contribution in [0.25, 0.3) is 0 Å². The normalized spacial score (nSPS) is 12.0. The predicted octanol–water partition coefficient (Wildman–Crippen LogP) is 1.25. The van der Waals surface area contributed by atoms with Crippen molar-refractivity contribution in [3.8, 4) is 0 Å². The van der Waals surface area contributed by atoms with Crippen molar-refractivity contribution in [3.63, 3.8) is 0 Å². The summed E-state index contributed by atoms with van der Waals surface area (Å²) in [6.07, 6.45) is 1.63. The Labute approximate surface area is 89.2 Å². The molecule has 0 unspecified atom stereocenters. The molecule has 1 heterocycles. The zero-order chi connectivity index (χ0) is 11.3. The number of aryl methyl sites for hydroxylation is 1. The lowest BCUT2D eigenvalue weighted by atomic mass is 10.5. The molecule has 1 aromatic heterocycles. The summed E-state index contributed by atoms with van der Waals surface area (Å²) >= 11 is -0.0532. The quantitative estimate of drug-likeness (QED) is 0.841. The van der Waals surface area contributed by atoms with Gasteiger partial charge in [0.05, 0.1) is 12.2 Å². The van der Waals surface area contributed by atoms with Gasteiger partial charge in [0.25, 0.3) is 0 Å². The van der Waals surface area contributed by atoms with Gasteiger partial charge in [-0.2, -0.15) is 13.2 Å². The summed E-state index contributed by atoms with van der Waals surface area (Å²) in [7, 11) is 1.76. The number of nitrogens with one attached hydrogen (secondary N) is 1. The predicted molar refractivity (Wildman–Crippen MR) is 51.3 cm³/mol. The monoisotopic (exact) mass is 240 g/mol. The molecule has 1 N–H and O–H groups in total.